The van der Waals surface area contributed by atoms with E-state index in [9.17, 15) is 13.6 Å². The fourth-order valence-corrected chi connectivity index (χ4v) is 1.39. The molecule has 0 spiro atoms. The smallest absolute Gasteiger partial charge is 0.344 e. The lowest BCUT2D eigenvalue weighted by Crippen LogP contribution is -2.15. The van der Waals surface area contributed by atoms with Crippen molar-refractivity contribution in [3.63, 3.8) is 0 Å². The van der Waals surface area contributed by atoms with E-state index >= 15 is 0 Å². The summed E-state index contributed by atoms with van der Waals surface area (Å²) in [6, 6.07) is 2.20. The van der Waals surface area contributed by atoms with Crippen molar-refractivity contribution in [2.45, 2.75) is 6.92 Å². The van der Waals surface area contributed by atoms with Crippen LogP contribution in [0.15, 0.2) is 16.6 Å². The fourth-order valence-electron chi connectivity index (χ4n) is 0.977. The Hall–Kier alpha value is -1.17. The zero-order valence-electron chi connectivity index (χ0n) is 8.43. The van der Waals surface area contributed by atoms with Gasteiger partial charge in [-0.3, -0.25) is 0 Å². The number of hydrogen-bond acceptors (Lipinski definition) is 3. The number of benzene rings is 1. The summed E-state index contributed by atoms with van der Waals surface area (Å²) in [5, 5.41) is 0. The maximum absolute atomic E-state index is 13.1. The molecule has 0 aliphatic heterocycles. The SMILES string of the molecule is CCOC(=O)COc1cc(Br)cc(F)c1F. The van der Waals surface area contributed by atoms with Crippen LogP contribution in [-0.4, -0.2) is 19.2 Å². The molecular formula is C10H9BrF2O3. The fraction of sp³-hybridized carbons (Fsp3) is 0.300. The molecule has 0 N–H and O–H groups in total. The first-order chi connectivity index (χ1) is 7.54. The normalized spacial score (nSPS) is 10.0. The van der Waals surface area contributed by atoms with Gasteiger partial charge in [-0.1, -0.05) is 15.9 Å². The predicted molar refractivity (Wildman–Crippen MR) is 56.2 cm³/mol. The van der Waals surface area contributed by atoms with E-state index in [-0.39, 0.29) is 12.4 Å². The van der Waals surface area contributed by atoms with Crippen LogP contribution >= 0.6 is 15.9 Å². The second kappa shape index (κ2) is 5.79. The van der Waals surface area contributed by atoms with Crippen molar-refractivity contribution in [1.82, 2.24) is 0 Å². The summed E-state index contributed by atoms with van der Waals surface area (Å²) in [5.74, 6) is -3.15. The van der Waals surface area contributed by atoms with Crippen LogP contribution in [0, 0.1) is 11.6 Å². The Balaban J connectivity index is 2.70. The lowest BCUT2D eigenvalue weighted by Gasteiger charge is -2.07. The van der Waals surface area contributed by atoms with Crippen LogP contribution in [0.25, 0.3) is 0 Å². The Morgan fingerprint density at radius 3 is 2.75 bits per heavy atom. The van der Waals surface area contributed by atoms with E-state index in [0.717, 1.165) is 6.07 Å². The molecule has 0 heterocycles. The van der Waals surface area contributed by atoms with Crippen LogP contribution < -0.4 is 4.74 Å². The van der Waals surface area contributed by atoms with Gasteiger partial charge in [0.25, 0.3) is 0 Å². The highest BCUT2D eigenvalue weighted by atomic mass is 79.9. The monoisotopic (exact) mass is 294 g/mol. The Morgan fingerprint density at radius 2 is 2.12 bits per heavy atom. The van der Waals surface area contributed by atoms with Gasteiger partial charge in [0.2, 0.25) is 5.82 Å². The van der Waals surface area contributed by atoms with E-state index < -0.39 is 24.2 Å². The maximum Gasteiger partial charge on any atom is 0.344 e. The van der Waals surface area contributed by atoms with Crippen molar-refractivity contribution >= 4 is 21.9 Å². The van der Waals surface area contributed by atoms with Gasteiger partial charge in [0.1, 0.15) is 0 Å². The van der Waals surface area contributed by atoms with Gasteiger partial charge in [-0.15, -0.1) is 0 Å². The average molecular weight is 295 g/mol. The molecule has 1 rings (SSSR count). The molecule has 88 valence electrons. The van der Waals surface area contributed by atoms with E-state index in [1.54, 1.807) is 6.92 Å². The molecule has 0 fully saturated rings. The number of carbonyl (C=O) groups excluding carboxylic acids is 1. The second-order valence-electron chi connectivity index (χ2n) is 2.79. The number of halogens is 3. The summed E-state index contributed by atoms with van der Waals surface area (Å²) in [7, 11) is 0. The van der Waals surface area contributed by atoms with Gasteiger partial charge in [-0.05, 0) is 19.1 Å². The molecule has 0 saturated heterocycles. The number of hydrogen-bond donors (Lipinski definition) is 0. The highest BCUT2D eigenvalue weighted by molar-refractivity contribution is 9.10. The molecule has 6 heteroatoms. The van der Waals surface area contributed by atoms with Gasteiger partial charge in [0, 0.05) is 4.47 Å². The standard InChI is InChI=1S/C10H9BrF2O3/c1-2-15-9(14)5-16-8-4-6(11)3-7(12)10(8)13/h3-4H,2,5H2,1H3. The Kier molecular flexibility index (Phi) is 4.67. The predicted octanol–water partition coefficient (Wildman–Crippen LogP) is 2.67. The molecule has 0 unspecified atom stereocenters. The van der Waals surface area contributed by atoms with Crippen LogP contribution in [-0.2, 0) is 9.53 Å². The summed E-state index contributed by atoms with van der Waals surface area (Å²) in [6.45, 7) is 1.38. The molecule has 0 aliphatic rings. The lowest BCUT2D eigenvalue weighted by molar-refractivity contribution is -0.145. The van der Waals surface area contributed by atoms with Gasteiger partial charge in [0.05, 0.1) is 6.61 Å². The van der Waals surface area contributed by atoms with E-state index in [1.807, 2.05) is 0 Å². The summed E-state index contributed by atoms with van der Waals surface area (Å²) >= 11 is 2.98. The summed E-state index contributed by atoms with van der Waals surface area (Å²) < 4.78 is 35.7. The molecule has 1 aromatic carbocycles. The van der Waals surface area contributed by atoms with Crippen molar-refractivity contribution in [1.29, 1.82) is 0 Å². The number of carbonyl (C=O) groups is 1. The zero-order valence-corrected chi connectivity index (χ0v) is 10.0. The molecule has 0 atom stereocenters. The highest BCUT2D eigenvalue weighted by Crippen LogP contribution is 2.25. The average Bonchev–Trinajstić information content (AvgIpc) is 2.21. The Morgan fingerprint density at radius 1 is 1.44 bits per heavy atom. The Labute approximate surface area is 99.5 Å². The summed E-state index contributed by atoms with van der Waals surface area (Å²) in [4.78, 5) is 10.9. The topological polar surface area (TPSA) is 35.5 Å². The van der Waals surface area contributed by atoms with E-state index in [4.69, 9.17) is 4.74 Å². The van der Waals surface area contributed by atoms with Crippen LogP contribution in [0.3, 0.4) is 0 Å². The van der Waals surface area contributed by atoms with Gasteiger partial charge < -0.3 is 9.47 Å². The molecular weight excluding hydrogens is 286 g/mol. The third kappa shape index (κ3) is 3.44. The van der Waals surface area contributed by atoms with Crippen LogP contribution in [0.4, 0.5) is 8.78 Å². The number of rotatable bonds is 4. The Bertz CT molecular complexity index is 396. The van der Waals surface area contributed by atoms with Gasteiger partial charge in [0.15, 0.2) is 18.2 Å². The first-order valence-corrected chi connectivity index (χ1v) is 5.27. The van der Waals surface area contributed by atoms with Crippen molar-refractivity contribution in [3.05, 3.63) is 28.2 Å². The molecule has 0 amide bonds. The minimum Gasteiger partial charge on any atom is -0.479 e. The minimum atomic E-state index is -1.13. The number of esters is 1. The van der Waals surface area contributed by atoms with Crippen molar-refractivity contribution in [2.24, 2.45) is 0 Å². The van der Waals surface area contributed by atoms with Crippen molar-refractivity contribution < 1.29 is 23.0 Å². The molecule has 0 saturated carbocycles. The highest BCUT2D eigenvalue weighted by Gasteiger charge is 2.13. The molecule has 0 aromatic heterocycles. The zero-order chi connectivity index (χ0) is 12.1. The molecule has 16 heavy (non-hydrogen) atoms. The van der Waals surface area contributed by atoms with Gasteiger partial charge in [-0.2, -0.15) is 4.39 Å². The maximum atomic E-state index is 13.1. The summed E-state index contributed by atoms with van der Waals surface area (Å²) in [5.41, 5.74) is 0. The van der Waals surface area contributed by atoms with Crippen LogP contribution in [0.1, 0.15) is 6.92 Å². The molecule has 0 aliphatic carbocycles. The van der Waals surface area contributed by atoms with Crippen molar-refractivity contribution in [2.75, 3.05) is 13.2 Å². The third-order valence-electron chi connectivity index (χ3n) is 1.61. The largest absolute Gasteiger partial charge is 0.479 e. The third-order valence-corrected chi connectivity index (χ3v) is 2.07. The van der Waals surface area contributed by atoms with E-state index in [2.05, 4.69) is 20.7 Å². The van der Waals surface area contributed by atoms with Gasteiger partial charge >= 0.3 is 5.97 Å². The van der Waals surface area contributed by atoms with E-state index in [0.29, 0.717) is 4.47 Å². The first kappa shape index (κ1) is 12.9. The lowest BCUT2D eigenvalue weighted by atomic mass is 10.3. The quantitative estimate of drug-likeness (QED) is 0.633. The van der Waals surface area contributed by atoms with E-state index in [1.165, 1.54) is 6.07 Å². The van der Waals surface area contributed by atoms with Crippen LogP contribution in [0.5, 0.6) is 5.75 Å². The molecule has 0 bridgehead atoms. The van der Waals surface area contributed by atoms with Gasteiger partial charge in [-0.25, -0.2) is 9.18 Å². The molecule has 1 aromatic rings. The second-order valence-corrected chi connectivity index (χ2v) is 3.71. The van der Waals surface area contributed by atoms with Crippen LogP contribution in [0.2, 0.25) is 0 Å². The minimum absolute atomic E-state index is 0.206. The molecule has 0 radical (unpaired) electrons. The van der Waals surface area contributed by atoms with Crippen molar-refractivity contribution in [3.8, 4) is 5.75 Å². The summed E-state index contributed by atoms with van der Waals surface area (Å²) in [6.07, 6.45) is 0. The first-order valence-electron chi connectivity index (χ1n) is 4.47. The number of ether oxygens (including phenoxy) is 2. The molecule has 3 nitrogen and oxygen atoms in total.